The maximum atomic E-state index is 9.07. The van der Waals surface area contributed by atoms with Gasteiger partial charge < -0.3 is 5.11 Å². The summed E-state index contributed by atoms with van der Waals surface area (Å²) in [5.74, 6) is 2.67. The highest BCUT2D eigenvalue weighted by Crippen LogP contribution is 2.35. The summed E-state index contributed by atoms with van der Waals surface area (Å²) in [7, 11) is 0. The highest BCUT2D eigenvalue weighted by atomic mass is 16.3. The zero-order valence-electron chi connectivity index (χ0n) is 8.65. The van der Waals surface area contributed by atoms with Crippen LogP contribution in [-0.2, 0) is 0 Å². The van der Waals surface area contributed by atoms with Crippen LogP contribution in [0.3, 0.4) is 0 Å². The molecule has 1 heteroatoms. The Morgan fingerprint density at radius 3 is 2.00 bits per heavy atom. The van der Waals surface area contributed by atoms with Gasteiger partial charge in [0.05, 0.1) is 0 Å². The van der Waals surface area contributed by atoms with Gasteiger partial charge in [-0.1, -0.05) is 27.7 Å². The minimum absolute atomic E-state index is 0.0135. The summed E-state index contributed by atoms with van der Waals surface area (Å²) >= 11 is 0. The maximum absolute atomic E-state index is 9.07. The van der Waals surface area contributed by atoms with Gasteiger partial charge in [-0.15, -0.1) is 12.3 Å². The fraction of sp³-hybridized carbons (Fsp3) is 0.818. The zero-order valence-corrected chi connectivity index (χ0v) is 8.65. The largest absolute Gasteiger partial charge is 0.396 e. The predicted molar refractivity (Wildman–Crippen MR) is 52.7 cm³/mol. The molecule has 0 heterocycles. The second-order valence-corrected chi connectivity index (χ2v) is 5.04. The number of aliphatic hydroxyl groups is 1. The molecule has 0 fully saturated rings. The third-order valence-electron chi connectivity index (χ3n) is 1.97. The van der Waals surface area contributed by atoms with Crippen LogP contribution in [0.4, 0.5) is 0 Å². The SMILES string of the molecule is C#CCC(C)(C)CC(C)(C)CO. The van der Waals surface area contributed by atoms with Crippen LogP contribution in [0.2, 0.25) is 0 Å². The first-order chi connectivity index (χ1) is 5.33. The number of terminal acetylenes is 1. The van der Waals surface area contributed by atoms with Gasteiger partial charge in [-0.3, -0.25) is 0 Å². The molecule has 1 N–H and O–H groups in total. The lowest BCUT2D eigenvalue weighted by atomic mass is 9.74. The van der Waals surface area contributed by atoms with Crippen LogP contribution in [0.1, 0.15) is 40.5 Å². The van der Waals surface area contributed by atoms with Gasteiger partial charge in [0.1, 0.15) is 0 Å². The Morgan fingerprint density at radius 2 is 1.67 bits per heavy atom. The molecular weight excluding hydrogens is 148 g/mol. The molecule has 0 amide bonds. The van der Waals surface area contributed by atoms with E-state index in [1.807, 2.05) is 0 Å². The smallest absolute Gasteiger partial charge is 0.0482 e. The maximum Gasteiger partial charge on any atom is 0.0482 e. The van der Waals surface area contributed by atoms with Crippen molar-refractivity contribution in [2.24, 2.45) is 10.8 Å². The van der Waals surface area contributed by atoms with Crippen molar-refractivity contribution in [2.75, 3.05) is 6.61 Å². The molecule has 0 radical (unpaired) electrons. The van der Waals surface area contributed by atoms with Crippen molar-refractivity contribution in [1.29, 1.82) is 0 Å². The van der Waals surface area contributed by atoms with Crippen LogP contribution in [0, 0.1) is 23.2 Å². The van der Waals surface area contributed by atoms with Gasteiger partial charge in [-0.25, -0.2) is 0 Å². The summed E-state index contributed by atoms with van der Waals surface area (Å²) in [6.45, 7) is 8.63. The van der Waals surface area contributed by atoms with Crippen LogP contribution in [0.5, 0.6) is 0 Å². The number of hydrogen-bond acceptors (Lipinski definition) is 1. The van der Waals surface area contributed by atoms with E-state index in [4.69, 9.17) is 11.5 Å². The first-order valence-corrected chi connectivity index (χ1v) is 4.37. The van der Waals surface area contributed by atoms with Crippen molar-refractivity contribution < 1.29 is 5.11 Å². The van der Waals surface area contributed by atoms with Crippen LogP contribution in [0.25, 0.3) is 0 Å². The summed E-state index contributed by atoms with van der Waals surface area (Å²) in [4.78, 5) is 0. The summed E-state index contributed by atoms with van der Waals surface area (Å²) in [6, 6.07) is 0. The molecule has 70 valence electrons. The standard InChI is InChI=1S/C11H20O/c1-6-7-10(2,3)8-11(4,5)9-12/h1,12H,7-9H2,2-5H3. The van der Waals surface area contributed by atoms with Gasteiger partial charge in [0.15, 0.2) is 0 Å². The van der Waals surface area contributed by atoms with Crippen LogP contribution < -0.4 is 0 Å². The average Bonchev–Trinajstić information content (AvgIpc) is 1.85. The average molecular weight is 168 g/mol. The summed E-state index contributed by atoms with van der Waals surface area (Å²) < 4.78 is 0. The Labute approximate surface area is 76.2 Å². The van der Waals surface area contributed by atoms with E-state index in [1.54, 1.807) is 0 Å². The van der Waals surface area contributed by atoms with Crippen LogP contribution >= 0.6 is 0 Å². The Balaban J connectivity index is 4.15. The quantitative estimate of drug-likeness (QED) is 0.639. The molecule has 1 nitrogen and oxygen atoms in total. The fourth-order valence-corrected chi connectivity index (χ4v) is 1.69. The third kappa shape index (κ3) is 4.41. The van der Waals surface area contributed by atoms with Gasteiger partial charge in [-0.2, -0.15) is 0 Å². The third-order valence-corrected chi connectivity index (χ3v) is 1.97. The lowest BCUT2D eigenvalue weighted by Crippen LogP contribution is -2.25. The highest BCUT2D eigenvalue weighted by Gasteiger charge is 2.27. The molecule has 0 bridgehead atoms. The predicted octanol–water partition coefficient (Wildman–Crippen LogP) is 2.44. The Morgan fingerprint density at radius 1 is 1.17 bits per heavy atom. The monoisotopic (exact) mass is 168 g/mol. The Hall–Kier alpha value is -0.480. The Bertz CT molecular complexity index is 172. The normalized spacial score (nSPS) is 12.7. The van der Waals surface area contributed by atoms with E-state index in [2.05, 4.69) is 33.6 Å². The van der Waals surface area contributed by atoms with Crippen molar-refractivity contribution in [3.63, 3.8) is 0 Å². The first-order valence-electron chi connectivity index (χ1n) is 4.37. The van der Waals surface area contributed by atoms with Crippen molar-refractivity contribution >= 4 is 0 Å². The van der Waals surface area contributed by atoms with Crippen molar-refractivity contribution in [3.05, 3.63) is 0 Å². The molecule has 0 aromatic rings. The topological polar surface area (TPSA) is 20.2 Å². The van der Waals surface area contributed by atoms with E-state index >= 15 is 0 Å². The number of hydrogen-bond donors (Lipinski definition) is 1. The van der Waals surface area contributed by atoms with Gasteiger partial charge in [0, 0.05) is 13.0 Å². The molecule has 0 atom stereocenters. The molecule has 0 aromatic heterocycles. The molecule has 12 heavy (non-hydrogen) atoms. The van der Waals surface area contributed by atoms with E-state index in [-0.39, 0.29) is 17.4 Å². The van der Waals surface area contributed by atoms with E-state index in [0.717, 1.165) is 12.8 Å². The Kier molecular flexibility index (Phi) is 3.80. The first kappa shape index (κ1) is 11.5. The lowest BCUT2D eigenvalue weighted by molar-refractivity contribution is 0.105. The van der Waals surface area contributed by atoms with Gasteiger partial charge >= 0.3 is 0 Å². The molecule has 0 aliphatic heterocycles. The minimum Gasteiger partial charge on any atom is -0.396 e. The molecule has 0 spiro atoms. The number of aliphatic hydroxyl groups excluding tert-OH is 1. The summed E-state index contributed by atoms with van der Waals surface area (Å²) in [5, 5.41) is 9.07. The molecule has 0 unspecified atom stereocenters. The van der Waals surface area contributed by atoms with E-state index in [0.29, 0.717) is 0 Å². The second-order valence-electron chi connectivity index (χ2n) is 5.04. The molecule has 0 aliphatic rings. The molecule has 0 saturated heterocycles. The minimum atomic E-state index is -0.0135. The van der Waals surface area contributed by atoms with E-state index < -0.39 is 0 Å². The van der Waals surface area contributed by atoms with Crippen molar-refractivity contribution in [3.8, 4) is 12.3 Å². The van der Waals surface area contributed by atoms with Gasteiger partial charge in [0.2, 0.25) is 0 Å². The fourth-order valence-electron chi connectivity index (χ4n) is 1.69. The molecule has 0 saturated carbocycles. The summed E-state index contributed by atoms with van der Waals surface area (Å²) in [5.41, 5.74) is 0.126. The molecule has 0 rings (SSSR count). The van der Waals surface area contributed by atoms with Crippen molar-refractivity contribution in [2.45, 2.75) is 40.5 Å². The molecular formula is C11H20O. The van der Waals surface area contributed by atoms with Gasteiger partial charge in [0.25, 0.3) is 0 Å². The van der Waals surface area contributed by atoms with Crippen LogP contribution in [-0.4, -0.2) is 11.7 Å². The summed E-state index contributed by atoms with van der Waals surface area (Å²) in [6.07, 6.45) is 7.00. The van der Waals surface area contributed by atoms with Crippen molar-refractivity contribution in [1.82, 2.24) is 0 Å². The zero-order chi connectivity index (χ0) is 9.83. The second kappa shape index (κ2) is 3.96. The lowest BCUT2D eigenvalue weighted by Gasteiger charge is -2.32. The van der Waals surface area contributed by atoms with Crippen LogP contribution in [0.15, 0.2) is 0 Å². The van der Waals surface area contributed by atoms with E-state index in [9.17, 15) is 0 Å². The molecule has 0 aromatic carbocycles. The number of rotatable bonds is 4. The molecule has 0 aliphatic carbocycles. The highest BCUT2D eigenvalue weighted by molar-refractivity contribution is 4.92. The van der Waals surface area contributed by atoms with Gasteiger partial charge in [-0.05, 0) is 17.3 Å². The van der Waals surface area contributed by atoms with E-state index in [1.165, 1.54) is 0 Å².